The maximum Gasteiger partial charge on any atom is 0.137 e. The lowest BCUT2D eigenvalue weighted by atomic mass is 9.95. The van der Waals surface area contributed by atoms with Crippen LogP contribution >= 0.6 is 11.8 Å². The van der Waals surface area contributed by atoms with E-state index in [2.05, 4.69) is 5.32 Å². The third-order valence-corrected chi connectivity index (χ3v) is 5.50. The lowest BCUT2D eigenvalue weighted by Crippen LogP contribution is -2.47. The van der Waals surface area contributed by atoms with Crippen molar-refractivity contribution in [2.45, 2.75) is 42.4 Å². The fourth-order valence-corrected chi connectivity index (χ4v) is 4.04. The standard InChI is InChI=1S/C15H20FNO2S/c1-10-15(18,6-7-19-10)9-17-13-5-8-20-14-11(13)3-2-4-12(14)16/h2-4,10,13,17-18H,5-9H2,1H3. The van der Waals surface area contributed by atoms with Crippen LogP contribution < -0.4 is 5.32 Å². The van der Waals surface area contributed by atoms with Crippen LogP contribution in [-0.4, -0.2) is 35.7 Å². The minimum absolute atomic E-state index is 0.110. The van der Waals surface area contributed by atoms with E-state index in [9.17, 15) is 9.50 Å². The molecule has 0 amide bonds. The Morgan fingerprint density at radius 3 is 3.15 bits per heavy atom. The summed E-state index contributed by atoms with van der Waals surface area (Å²) in [6.07, 6.45) is 1.45. The van der Waals surface area contributed by atoms with Gasteiger partial charge in [0.15, 0.2) is 0 Å². The molecule has 2 N–H and O–H groups in total. The molecule has 1 saturated heterocycles. The van der Waals surface area contributed by atoms with Crippen molar-refractivity contribution in [2.75, 3.05) is 18.9 Å². The van der Waals surface area contributed by atoms with Crippen LogP contribution in [0.15, 0.2) is 23.1 Å². The number of thioether (sulfide) groups is 1. The van der Waals surface area contributed by atoms with E-state index in [1.54, 1.807) is 17.8 Å². The predicted molar refractivity (Wildman–Crippen MR) is 77.5 cm³/mol. The Hall–Kier alpha value is -0.620. The minimum atomic E-state index is -0.807. The van der Waals surface area contributed by atoms with Crippen LogP contribution in [0.25, 0.3) is 0 Å². The fourth-order valence-electron chi connectivity index (χ4n) is 2.90. The highest BCUT2D eigenvalue weighted by atomic mass is 32.2. The molecule has 2 aliphatic rings. The summed E-state index contributed by atoms with van der Waals surface area (Å²) in [4.78, 5) is 0.749. The molecule has 5 heteroatoms. The number of ether oxygens (including phenoxy) is 1. The van der Waals surface area contributed by atoms with Crippen LogP contribution in [0.1, 0.15) is 31.4 Å². The molecule has 1 aromatic rings. The first-order chi connectivity index (χ1) is 9.60. The van der Waals surface area contributed by atoms with Crippen molar-refractivity contribution in [3.05, 3.63) is 29.6 Å². The Morgan fingerprint density at radius 1 is 1.55 bits per heavy atom. The SMILES string of the molecule is CC1OCCC1(O)CNC1CCSc2c(F)cccc21. The van der Waals surface area contributed by atoms with Crippen LogP contribution in [0.4, 0.5) is 4.39 Å². The van der Waals surface area contributed by atoms with Gasteiger partial charge in [0.2, 0.25) is 0 Å². The zero-order valence-corrected chi connectivity index (χ0v) is 12.4. The summed E-state index contributed by atoms with van der Waals surface area (Å²) in [6.45, 7) is 2.99. The number of rotatable bonds is 3. The van der Waals surface area contributed by atoms with Crippen LogP contribution in [-0.2, 0) is 4.74 Å². The molecule has 3 rings (SSSR count). The van der Waals surface area contributed by atoms with E-state index < -0.39 is 5.60 Å². The molecule has 0 aromatic heterocycles. The maximum atomic E-state index is 13.8. The third kappa shape index (κ3) is 2.60. The number of hydrogen-bond donors (Lipinski definition) is 2. The average molecular weight is 297 g/mol. The van der Waals surface area contributed by atoms with E-state index >= 15 is 0 Å². The number of benzene rings is 1. The summed E-state index contributed by atoms with van der Waals surface area (Å²) in [5.74, 6) is 0.756. The number of nitrogens with one attached hydrogen (secondary N) is 1. The van der Waals surface area contributed by atoms with Gasteiger partial charge in [0, 0.05) is 30.5 Å². The monoisotopic (exact) mass is 297 g/mol. The van der Waals surface area contributed by atoms with Crippen molar-refractivity contribution in [3.8, 4) is 0 Å². The molecule has 0 aliphatic carbocycles. The molecule has 2 heterocycles. The van der Waals surface area contributed by atoms with Gasteiger partial charge in [-0.15, -0.1) is 11.8 Å². The topological polar surface area (TPSA) is 41.5 Å². The second-order valence-corrected chi connectivity index (χ2v) is 6.70. The van der Waals surface area contributed by atoms with Crippen molar-refractivity contribution in [1.82, 2.24) is 5.32 Å². The van der Waals surface area contributed by atoms with Crippen molar-refractivity contribution in [2.24, 2.45) is 0 Å². The largest absolute Gasteiger partial charge is 0.386 e. The van der Waals surface area contributed by atoms with E-state index in [1.807, 2.05) is 13.0 Å². The Morgan fingerprint density at radius 2 is 2.40 bits per heavy atom. The molecule has 1 fully saturated rings. The first kappa shape index (κ1) is 14.3. The predicted octanol–water partition coefficient (Wildman–Crippen LogP) is 2.49. The summed E-state index contributed by atoms with van der Waals surface area (Å²) < 4.78 is 19.2. The summed E-state index contributed by atoms with van der Waals surface area (Å²) in [6, 6.07) is 5.35. The van der Waals surface area contributed by atoms with E-state index in [-0.39, 0.29) is 18.0 Å². The molecular weight excluding hydrogens is 277 g/mol. The molecule has 3 unspecified atom stereocenters. The Kier molecular flexibility index (Phi) is 4.04. The lowest BCUT2D eigenvalue weighted by molar-refractivity contribution is -0.0278. The summed E-state index contributed by atoms with van der Waals surface area (Å²) in [7, 11) is 0. The van der Waals surface area contributed by atoms with Gasteiger partial charge in [-0.2, -0.15) is 0 Å². The molecule has 110 valence electrons. The minimum Gasteiger partial charge on any atom is -0.386 e. The van der Waals surface area contributed by atoms with E-state index in [0.717, 1.165) is 22.6 Å². The van der Waals surface area contributed by atoms with Crippen LogP contribution in [0.5, 0.6) is 0 Å². The van der Waals surface area contributed by atoms with Crippen LogP contribution in [0.2, 0.25) is 0 Å². The van der Waals surface area contributed by atoms with Gasteiger partial charge in [0.25, 0.3) is 0 Å². The summed E-state index contributed by atoms with van der Waals surface area (Å²) >= 11 is 1.57. The Labute approximate surface area is 122 Å². The molecule has 0 saturated carbocycles. The van der Waals surface area contributed by atoms with Gasteiger partial charge in [-0.3, -0.25) is 0 Å². The smallest absolute Gasteiger partial charge is 0.137 e. The first-order valence-corrected chi connectivity index (χ1v) is 8.07. The zero-order chi connectivity index (χ0) is 14.2. The Balaban J connectivity index is 1.72. The van der Waals surface area contributed by atoms with Crippen molar-refractivity contribution in [3.63, 3.8) is 0 Å². The highest BCUT2D eigenvalue weighted by Crippen LogP contribution is 2.38. The molecule has 0 bridgehead atoms. The molecule has 20 heavy (non-hydrogen) atoms. The summed E-state index contributed by atoms with van der Waals surface area (Å²) in [5, 5.41) is 13.9. The van der Waals surface area contributed by atoms with Crippen LogP contribution in [0.3, 0.4) is 0 Å². The van der Waals surface area contributed by atoms with E-state index in [4.69, 9.17) is 4.74 Å². The average Bonchev–Trinajstić information content (AvgIpc) is 2.77. The number of hydrogen-bond acceptors (Lipinski definition) is 4. The zero-order valence-electron chi connectivity index (χ0n) is 11.6. The van der Waals surface area contributed by atoms with Gasteiger partial charge in [-0.25, -0.2) is 4.39 Å². The molecule has 0 spiro atoms. The highest BCUT2D eigenvalue weighted by Gasteiger charge is 2.40. The third-order valence-electron chi connectivity index (χ3n) is 4.34. The normalized spacial score (nSPS) is 33.1. The van der Waals surface area contributed by atoms with Gasteiger partial charge in [0.05, 0.1) is 6.10 Å². The number of aliphatic hydroxyl groups is 1. The second kappa shape index (κ2) is 5.64. The number of fused-ring (bicyclic) bond motifs is 1. The van der Waals surface area contributed by atoms with Gasteiger partial charge in [0.1, 0.15) is 11.4 Å². The molecule has 3 atom stereocenters. The van der Waals surface area contributed by atoms with Gasteiger partial charge < -0.3 is 15.2 Å². The van der Waals surface area contributed by atoms with Gasteiger partial charge in [-0.05, 0) is 30.7 Å². The van der Waals surface area contributed by atoms with Crippen molar-refractivity contribution < 1.29 is 14.2 Å². The van der Waals surface area contributed by atoms with E-state index in [0.29, 0.717) is 19.6 Å². The molecule has 1 aromatic carbocycles. The molecule has 0 radical (unpaired) electrons. The van der Waals surface area contributed by atoms with E-state index in [1.165, 1.54) is 6.07 Å². The molecule has 3 nitrogen and oxygen atoms in total. The maximum absolute atomic E-state index is 13.8. The fraction of sp³-hybridized carbons (Fsp3) is 0.600. The first-order valence-electron chi connectivity index (χ1n) is 7.09. The second-order valence-electron chi connectivity index (χ2n) is 5.60. The number of halogens is 1. The highest BCUT2D eigenvalue weighted by molar-refractivity contribution is 7.99. The lowest BCUT2D eigenvalue weighted by Gasteiger charge is -2.32. The van der Waals surface area contributed by atoms with Crippen molar-refractivity contribution in [1.29, 1.82) is 0 Å². The van der Waals surface area contributed by atoms with Gasteiger partial charge >= 0.3 is 0 Å². The summed E-state index contributed by atoms with van der Waals surface area (Å²) in [5.41, 5.74) is 0.203. The molecular formula is C15H20FNO2S. The molecule has 2 aliphatic heterocycles. The van der Waals surface area contributed by atoms with Gasteiger partial charge in [-0.1, -0.05) is 12.1 Å². The Bertz CT molecular complexity index is 499. The van der Waals surface area contributed by atoms with Crippen molar-refractivity contribution >= 4 is 11.8 Å². The van der Waals surface area contributed by atoms with Crippen LogP contribution in [0, 0.1) is 5.82 Å². The quantitative estimate of drug-likeness (QED) is 0.899.